The van der Waals surface area contributed by atoms with Crippen molar-refractivity contribution in [2.24, 2.45) is 21.1 Å². The number of nitriles is 1. The van der Waals surface area contributed by atoms with E-state index in [4.69, 9.17) is 5.26 Å². The predicted octanol–water partition coefficient (Wildman–Crippen LogP) is 1.17. The lowest BCUT2D eigenvalue weighted by Gasteiger charge is -2.08. The first-order chi connectivity index (χ1) is 18.2. The van der Waals surface area contributed by atoms with E-state index in [0.29, 0.717) is 61.6 Å². The SMILES string of the molecule is Cn1cccc1C(=O)NCCCNC(=O)c1cc(NC(=O)c2cc(NC(=O)CCBC#N)cn2C)cn1C. The Morgan fingerprint density at radius 1 is 0.842 bits per heavy atom. The van der Waals surface area contributed by atoms with Crippen LogP contribution in [0.1, 0.15) is 44.3 Å². The predicted molar refractivity (Wildman–Crippen MR) is 144 cm³/mol. The number of nitrogens with zero attached hydrogens (tertiary/aromatic N) is 4. The lowest BCUT2D eigenvalue weighted by atomic mass is 9.76. The van der Waals surface area contributed by atoms with Gasteiger partial charge in [0.15, 0.2) is 0 Å². The molecule has 0 atom stereocenters. The molecule has 38 heavy (non-hydrogen) atoms. The maximum atomic E-state index is 12.8. The minimum atomic E-state index is -0.399. The average Bonchev–Trinajstić information content (AvgIpc) is 3.56. The van der Waals surface area contributed by atoms with Gasteiger partial charge in [-0.25, -0.2) is 5.26 Å². The minimum absolute atomic E-state index is 0.171. The van der Waals surface area contributed by atoms with Crippen molar-refractivity contribution in [1.82, 2.24) is 24.3 Å². The Kier molecular flexibility index (Phi) is 9.53. The van der Waals surface area contributed by atoms with Crippen LogP contribution < -0.4 is 21.3 Å². The van der Waals surface area contributed by atoms with Crippen molar-refractivity contribution in [1.29, 1.82) is 5.26 Å². The van der Waals surface area contributed by atoms with E-state index in [1.807, 2.05) is 5.97 Å². The molecule has 0 aliphatic rings. The Morgan fingerprint density at radius 2 is 1.42 bits per heavy atom. The highest BCUT2D eigenvalue weighted by Gasteiger charge is 2.17. The number of carbonyl (C=O) groups excluding carboxylic acids is 4. The lowest BCUT2D eigenvalue weighted by molar-refractivity contribution is -0.115. The average molecular weight is 518 g/mol. The number of rotatable bonds is 12. The van der Waals surface area contributed by atoms with Gasteiger partial charge in [-0.3, -0.25) is 19.2 Å². The quantitative estimate of drug-likeness (QED) is 0.209. The van der Waals surface area contributed by atoms with Gasteiger partial charge >= 0.3 is 0 Å². The molecule has 13 heteroatoms. The smallest absolute Gasteiger partial charge is 0.272 e. The molecule has 3 heterocycles. The second-order valence-electron chi connectivity index (χ2n) is 8.83. The summed E-state index contributed by atoms with van der Waals surface area (Å²) in [6.45, 7) is 0.783. The third kappa shape index (κ3) is 7.39. The van der Waals surface area contributed by atoms with E-state index in [2.05, 4.69) is 21.3 Å². The van der Waals surface area contributed by atoms with Gasteiger partial charge in [0.2, 0.25) is 5.91 Å². The van der Waals surface area contributed by atoms with E-state index in [1.165, 1.54) is 0 Å². The van der Waals surface area contributed by atoms with E-state index < -0.39 is 5.91 Å². The number of carbonyl (C=O) groups is 4. The van der Waals surface area contributed by atoms with Gasteiger partial charge < -0.3 is 35.0 Å². The molecule has 0 saturated heterocycles. The van der Waals surface area contributed by atoms with Gasteiger partial charge in [-0.1, -0.05) is 6.32 Å². The van der Waals surface area contributed by atoms with Crippen LogP contribution in [-0.2, 0) is 25.9 Å². The third-order valence-electron chi connectivity index (χ3n) is 5.81. The fourth-order valence-electron chi connectivity index (χ4n) is 3.83. The molecule has 0 radical (unpaired) electrons. The molecule has 12 nitrogen and oxygen atoms in total. The van der Waals surface area contributed by atoms with Gasteiger partial charge in [0.1, 0.15) is 17.1 Å². The molecule has 3 aromatic heterocycles. The van der Waals surface area contributed by atoms with Crippen LogP contribution in [0.25, 0.3) is 0 Å². The summed E-state index contributed by atoms with van der Waals surface area (Å²) in [6.07, 6.45) is 6.31. The Labute approximate surface area is 221 Å². The van der Waals surface area contributed by atoms with Gasteiger partial charge in [0.05, 0.1) is 11.4 Å². The summed E-state index contributed by atoms with van der Waals surface area (Å²) in [4.78, 5) is 49.5. The molecule has 0 bridgehead atoms. The van der Waals surface area contributed by atoms with Crippen molar-refractivity contribution in [2.75, 3.05) is 23.7 Å². The van der Waals surface area contributed by atoms with Crippen LogP contribution in [0, 0.1) is 11.2 Å². The summed E-state index contributed by atoms with van der Waals surface area (Å²) in [6, 6.07) is 6.67. The van der Waals surface area contributed by atoms with Crippen molar-refractivity contribution < 1.29 is 19.2 Å². The topological polar surface area (TPSA) is 155 Å². The first-order valence-corrected chi connectivity index (χ1v) is 12.2. The molecule has 0 aliphatic carbocycles. The summed E-state index contributed by atoms with van der Waals surface area (Å²) in [5.74, 6) is 0.896. The van der Waals surface area contributed by atoms with Crippen molar-refractivity contribution >= 4 is 42.3 Å². The number of anilines is 2. The Morgan fingerprint density at radius 3 is 2.00 bits per heavy atom. The molecule has 0 aliphatic heterocycles. The monoisotopic (exact) mass is 518 g/mol. The van der Waals surface area contributed by atoms with E-state index in [1.54, 1.807) is 77.7 Å². The van der Waals surface area contributed by atoms with Gasteiger partial charge in [-0.2, -0.15) is 0 Å². The van der Waals surface area contributed by atoms with Crippen molar-refractivity contribution in [3.8, 4) is 5.97 Å². The number of aryl methyl sites for hydroxylation is 3. The zero-order valence-electron chi connectivity index (χ0n) is 21.7. The molecule has 0 aromatic carbocycles. The molecule has 0 saturated carbocycles. The Balaban J connectivity index is 1.48. The van der Waals surface area contributed by atoms with E-state index in [-0.39, 0.29) is 24.1 Å². The summed E-state index contributed by atoms with van der Waals surface area (Å²) in [5, 5.41) is 19.7. The number of hydrogen-bond donors (Lipinski definition) is 4. The zero-order valence-corrected chi connectivity index (χ0v) is 21.7. The summed E-state index contributed by atoms with van der Waals surface area (Å²) < 4.78 is 4.94. The van der Waals surface area contributed by atoms with Crippen molar-refractivity contribution in [3.63, 3.8) is 0 Å². The van der Waals surface area contributed by atoms with Crippen LogP contribution in [0.5, 0.6) is 0 Å². The summed E-state index contributed by atoms with van der Waals surface area (Å²) in [5.41, 5.74) is 2.18. The van der Waals surface area contributed by atoms with Crippen LogP contribution in [0.4, 0.5) is 11.4 Å². The van der Waals surface area contributed by atoms with Crippen molar-refractivity contribution in [3.05, 3.63) is 59.9 Å². The summed E-state index contributed by atoms with van der Waals surface area (Å²) >= 11 is 0. The Bertz CT molecular complexity index is 1360. The second-order valence-corrected chi connectivity index (χ2v) is 8.83. The number of hydrogen-bond acceptors (Lipinski definition) is 5. The molecule has 3 rings (SSSR count). The van der Waals surface area contributed by atoms with Crippen LogP contribution in [-0.4, -0.2) is 57.7 Å². The zero-order chi connectivity index (χ0) is 27.7. The maximum Gasteiger partial charge on any atom is 0.272 e. The largest absolute Gasteiger partial charge is 0.351 e. The van der Waals surface area contributed by atoms with Gasteiger partial charge in [-0.15, -0.1) is 0 Å². The van der Waals surface area contributed by atoms with Gasteiger partial charge in [0.25, 0.3) is 25.0 Å². The third-order valence-corrected chi connectivity index (χ3v) is 5.81. The first-order valence-electron chi connectivity index (χ1n) is 12.2. The van der Waals surface area contributed by atoms with E-state index in [0.717, 1.165) is 0 Å². The fourth-order valence-corrected chi connectivity index (χ4v) is 3.83. The Hall–Kier alpha value is -4.73. The molecule has 4 amide bonds. The van der Waals surface area contributed by atoms with Crippen LogP contribution in [0.3, 0.4) is 0 Å². The van der Waals surface area contributed by atoms with Gasteiger partial charge in [0, 0.05) is 59.2 Å². The normalized spacial score (nSPS) is 10.4. The van der Waals surface area contributed by atoms with Crippen LogP contribution in [0.15, 0.2) is 42.9 Å². The highest BCUT2D eigenvalue weighted by atomic mass is 16.2. The molecule has 0 spiro atoms. The minimum Gasteiger partial charge on any atom is -0.351 e. The molecule has 3 aromatic rings. The lowest BCUT2D eigenvalue weighted by Crippen LogP contribution is -2.31. The van der Waals surface area contributed by atoms with Crippen LogP contribution >= 0.6 is 0 Å². The molecular weight excluding hydrogens is 487 g/mol. The highest BCUT2D eigenvalue weighted by Crippen LogP contribution is 2.18. The van der Waals surface area contributed by atoms with Gasteiger partial charge in [-0.05, 0) is 36.7 Å². The number of nitrogens with one attached hydrogen (secondary N) is 4. The second kappa shape index (κ2) is 13.0. The fraction of sp³-hybridized carbons (Fsp3) is 0.320. The van der Waals surface area contributed by atoms with Crippen molar-refractivity contribution in [2.45, 2.75) is 19.2 Å². The highest BCUT2D eigenvalue weighted by molar-refractivity contribution is 6.45. The van der Waals surface area contributed by atoms with E-state index >= 15 is 0 Å². The summed E-state index contributed by atoms with van der Waals surface area (Å²) in [7, 11) is 5.49. The molecular formula is C25H31BN8O4. The van der Waals surface area contributed by atoms with E-state index in [9.17, 15) is 19.2 Å². The number of amides is 4. The molecule has 0 unspecified atom stereocenters. The maximum absolute atomic E-state index is 12.8. The molecule has 198 valence electrons. The molecule has 4 N–H and O–H groups in total. The molecule has 0 fully saturated rings. The standard InChI is InChI=1S/C25H31BN8O4/c1-32-11-4-6-19(32)23(36)28-9-5-10-29-24(37)20-13-18(15-33(20)2)31-25(38)21-12-17(14-34(21)3)30-22(35)7-8-26-16-27/h4,6,11-15,26H,5,7-10H2,1-3H3,(H,28,36)(H,29,37)(H,30,35)(H,31,38). The van der Waals surface area contributed by atoms with Crippen LogP contribution in [0.2, 0.25) is 6.32 Å². The number of aromatic nitrogens is 3. The first kappa shape index (κ1) is 27.9.